The second kappa shape index (κ2) is 12.8. The van der Waals surface area contributed by atoms with Crippen LogP contribution < -0.4 is 14.8 Å². The topological polar surface area (TPSA) is 56.8 Å². The Kier molecular flexibility index (Phi) is 10.5. The predicted octanol–water partition coefficient (Wildman–Crippen LogP) is 5.38. The van der Waals surface area contributed by atoms with Crippen LogP contribution >= 0.6 is 23.4 Å². The number of rotatable bonds is 12. The molecule has 2 rings (SSSR count). The number of thioether (sulfide) groups is 1. The molecule has 1 unspecified atom stereocenters. The molecule has 0 aliphatic carbocycles. The average Bonchev–Trinajstić information content (AvgIpc) is 2.72. The van der Waals surface area contributed by atoms with Gasteiger partial charge in [0.2, 0.25) is 5.91 Å². The number of hydrogen-bond donors (Lipinski definition) is 1. The Morgan fingerprint density at radius 2 is 1.74 bits per heavy atom. The molecule has 1 atom stereocenters. The van der Waals surface area contributed by atoms with Gasteiger partial charge in [0.25, 0.3) is 0 Å². The normalized spacial score (nSPS) is 12.1. The third kappa shape index (κ3) is 9.01. The van der Waals surface area contributed by atoms with Gasteiger partial charge in [0.05, 0.1) is 19.3 Å². The molecule has 170 valence electrons. The van der Waals surface area contributed by atoms with Crippen molar-refractivity contribution in [3.63, 3.8) is 0 Å². The van der Waals surface area contributed by atoms with Crippen LogP contribution in [0.25, 0.3) is 0 Å². The summed E-state index contributed by atoms with van der Waals surface area (Å²) in [6, 6.07) is 13.4. The number of hydrogen-bond acceptors (Lipinski definition) is 5. The first-order valence-corrected chi connectivity index (χ1v) is 11.8. The van der Waals surface area contributed by atoms with Crippen molar-refractivity contribution in [1.82, 2.24) is 5.32 Å². The predicted molar refractivity (Wildman–Crippen MR) is 128 cm³/mol. The van der Waals surface area contributed by atoms with E-state index in [-0.39, 0.29) is 18.1 Å². The van der Waals surface area contributed by atoms with Crippen LogP contribution in [0.3, 0.4) is 0 Å². The Bertz CT molecular complexity index is 827. The van der Waals surface area contributed by atoms with Gasteiger partial charge in [-0.05, 0) is 76.1 Å². The number of amides is 1. The number of carbonyl (C=O) groups is 1. The molecule has 2 aromatic rings. The fraction of sp³-hybridized carbons (Fsp3) is 0.458. The van der Waals surface area contributed by atoms with Crippen LogP contribution in [0, 0.1) is 0 Å². The molecule has 0 aliphatic rings. The van der Waals surface area contributed by atoms with E-state index < -0.39 is 6.10 Å². The molecule has 0 saturated carbocycles. The third-order valence-corrected chi connectivity index (χ3v) is 5.57. The lowest BCUT2D eigenvalue weighted by Gasteiger charge is -2.20. The number of benzene rings is 2. The molecule has 0 heterocycles. The molecule has 0 saturated heterocycles. The first-order valence-electron chi connectivity index (χ1n) is 10.4. The highest BCUT2D eigenvalue weighted by atomic mass is 35.5. The minimum absolute atomic E-state index is 0.0423. The van der Waals surface area contributed by atoms with E-state index >= 15 is 0 Å². The zero-order valence-electron chi connectivity index (χ0n) is 18.8. The van der Waals surface area contributed by atoms with Gasteiger partial charge in [-0.1, -0.05) is 17.7 Å². The molecule has 0 aromatic heterocycles. The molecule has 0 aliphatic heterocycles. The average molecular weight is 466 g/mol. The van der Waals surface area contributed by atoms with Crippen LogP contribution in [-0.2, 0) is 16.0 Å². The highest BCUT2D eigenvalue weighted by Gasteiger charge is 2.20. The van der Waals surface area contributed by atoms with Crippen LogP contribution in [0.4, 0.5) is 0 Å². The zero-order valence-corrected chi connectivity index (χ0v) is 20.4. The summed E-state index contributed by atoms with van der Waals surface area (Å²) >= 11 is 7.51. The van der Waals surface area contributed by atoms with Crippen molar-refractivity contribution >= 4 is 29.3 Å². The SMILES string of the molecule is COc1cc(CCNC(=O)C(CSc2ccc(Cl)cc2)OC(C)C)ccc1OC(C)C. The van der Waals surface area contributed by atoms with Crippen molar-refractivity contribution in [2.75, 3.05) is 19.4 Å². The van der Waals surface area contributed by atoms with Gasteiger partial charge in [0.1, 0.15) is 6.10 Å². The van der Waals surface area contributed by atoms with Gasteiger partial charge in [-0.3, -0.25) is 4.79 Å². The summed E-state index contributed by atoms with van der Waals surface area (Å²) in [5.74, 6) is 1.83. The fourth-order valence-corrected chi connectivity index (χ4v) is 3.90. The van der Waals surface area contributed by atoms with Crippen molar-refractivity contribution < 1.29 is 19.0 Å². The van der Waals surface area contributed by atoms with Crippen molar-refractivity contribution in [2.24, 2.45) is 0 Å². The molecule has 7 heteroatoms. The molecule has 2 aromatic carbocycles. The lowest BCUT2D eigenvalue weighted by Crippen LogP contribution is -2.40. The van der Waals surface area contributed by atoms with Crippen LogP contribution in [0.15, 0.2) is 47.4 Å². The van der Waals surface area contributed by atoms with E-state index in [4.69, 9.17) is 25.8 Å². The molecule has 0 radical (unpaired) electrons. The minimum atomic E-state index is -0.531. The summed E-state index contributed by atoms with van der Waals surface area (Å²) in [6.45, 7) is 8.32. The van der Waals surface area contributed by atoms with Gasteiger partial charge < -0.3 is 19.5 Å². The quantitative estimate of drug-likeness (QED) is 0.426. The number of ether oxygens (including phenoxy) is 3. The summed E-state index contributed by atoms with van der Waals surface area (Å²) < 4.78 is 17.0. The number of methoxy groups -OCH3 is 1. The van der Waals surface area contributed by atoms with Gasteiger partial charge in [-0.25, -0.2) is 0 Å². The Labute approximate surface area is 194 Å². The molecule has 0 spiro atoms. The van der Waals surface area contributed by atoms with Gasteiger partial charge >= 0.3 is 0 Å². The molecule has 0 bridgehead atoms. The minimum Gasteiger partial charge on any atom is -0.493 e. The highest BCUT2D eigenvalue weighted by molar-refractivity contribution is 7.99. The van der Waals surface area contributed by atoms with E-state index in [0.717, 1.165) is 16.2 Å². The summed E-state index contributed by atoms with van der Waals surface area (Å²) in [5, 5.41) is 3.69. The van der Waals surface area contributed by atoms with E-state index in [1.165, 1.54) is 0 Å². The largest absolute Gasteiger partial charge is 0.493 e. The second-order valence-electron chi connectivity index (χ2n) is 7.63. The fourth-order valence-electron chi connectivity index (χ4n) is 2.87. The molecular formula is C24H32ClNO4S. The summed E-state index contributed by atoms with van der Waals surface area (Å²) in [6.07, 6.45) is 0.182. The number of carbonyl (C=O) groups excluding carboxylic acids is 1. The second-order valence-corrected chi connectivity index (χ2v) is 9.16. The van der Waals surface area contributed by atoms with E-state index in [1.807, 2.05) is 70.2 Å². The summed E-state index contributed by atoms with van der Waals surface area (Å²) in [4.78, 5) is 13.8. The first kappa shape index (κ1) is 25.4. The smallest absolute Gasteiger partial charge is 0.250 e. The van der Waals surface area contributed by atoms with Gasteiger partial charge in [-0.15, -0.1) is 11.8 Å². The first-order chi connectivity index (χ1) is 14.8. The van der Waals surface area contributed by atoms with Crippen molar-refractivity contribution in [3.8, 4) is 11.5 Å². The molecule has 0 fully saturated rings. The molecular weight excluding hydrogens is 434 g/mol. The standard InChI is InChI=1S/C24H32ClNO4S/c1-16(2)29-21-11-6-18(14-22(21)28-5)12-13-26-24(27)23(30-17(3)4)15-31-20-9-7-19(25)8-10-20/h6-11,14,16-17,23H,12-13,15H2,1-5H3,(H,26,27). The van der Waals surface area contributed by atoms with Gasteiger partial charge in [-0.2, -0.15) is 0 Å². The van der Waals surface area contributed by atoms with Crippen LogP contribution in [0.1, 0.15) is 33.3 Å². The van der Waals surface area contributed by atoms with E-state index in [1.54, 1.807) is 18.9 Å². The van der Waals surface area contributed by atoms with E-state index in [0.29, 0.717) is 29.5 Å². The molecule has 1 N–H and O–H groups in total. The Morgan fingerprint density at radius 3 is 2.35 bits per heavy atom. The van der Waals surface area contributed by atoms with Crippen molar-refractivity contribution in [1.29, 1.82) is 0 Å². The van der Waals surface area contributed by atoms with Crippen molar-refractivity contribution in [2.45, 2.75) is 57.3 Å². The summed E-state index contributed by atoms with van der Waals surface area (Å²) in [5.41, 5.74) is 1.06. The van der Waals surface area contributed by atoms with Crippen LogP contribution in [0.5, 0.6) is 11.5 Å². The maximum absolute atomic E-state index is 12.7. The molecule has 31 heavy (non-hydrogen) atoms. The van der Waals surface area contributed by atoms with Gasteiger partial charge in [0, 0.05) is 22.2 Å². The van der Waals surface area contributed by atoms with E-state index in [9.17, 15) is 4.79 Å². The van der Waals surface area contributed by atoms with Gasteiger partial charge in [0.15, 0.2) is 11.5 Å². The maximum Gasteiger partial charge on any atom is 0.250 e. The Morgan fingerprint density at radius 1 is 1.03 bits per heavy atom. The zero-order chi connectivity index (χ0) is 22.8. The van der Waals surface area contributed by atoms with Crippen LogP contribution in [0.2, 0.25) is 5.02 Å². The lowest BCUT2D eigenvalue weighted by molar-refractivity contribution is -0.133. The molecule has 5 nitrogen and oxygen atoms in total. The van der Waals surface area contributed by atoms with Crippen LogP contribution in [-0.4, -0.2) is 43.6 Å². The Hall–Kier alpha value is -1.89. The lowest BCUT2D eigenvalue weighted by atomic mass is 10.1. The highest BCUT2D eigenvalue weighted by Crippen LogP contribution is 2.29. The maximum atomic E-state index is 12.7. The van der Waals surface area contributed by atoms with E-state index in [2.05, 4.69) is 5.32 Å². The van der Waals surface area contributed by atoms with Crippen molar-refractivity contribution in [3.05, 3.63) is 53.1 Å². The Balaban J connectivity index is 1.90. The summed E-state index contributed by atoms with van der Waals surface area (Å²) in [7, 11) is 1.63. The monoisotopic (exact) mass is 465 g/mol. The number of halogens is 1. The third-order valence-electron chi connectivity index (χ3n) is 4.25. The molecule has 1 amide bonds. The number of nitrogens with one attached hydrogen (secondary N) is 1.